The Hall–Kier alpha value is -2.11. The number of nitrogens with zero attached hydrogens (tertiary/aromatic N) is 2. The van der Waals surface area contributed by atoms with Crippen molar-refractivity contribution >= 4 is 11.7 Å². The molecule has 0 radical (unpaired) electrons. The van der Waals surface area contributed by atoms with E-state index in [-0.39, 0.29) is 29.5 Å². The first kappa shape index (κ1) is 13.9. The van der Waals surface area contributed by atoms with Crippen LogP contribution in [0.3, 0.4) is 0 Å². The van der Waals surface area contributed by atoms with Gasteiger partial charge in [0.15, 0.2) is 0 Å². The van der Waals surface area contributed by atoms with Crippen molar-refractivity contribution < 1.29 is 14.4 Å². The first-order valence-electron chi connectivity index (χ1n) is 7.17. The van der Waals surface area contributed by atoms with Crippen LogP contribution in [-0.4, -0.2) is 34.4 Å². The first-order valence-corrected chi connectivity index (χ1v) is 7.17. The van der Waals surface area contributed by atoms with Crippen LogP contribution in [0.1, 0.15) is 35.2 Å². The van der Waals surface area contributed by atoms with E-state index in [1.54, 1.807) is 11.0 Å². The van der Waals surface area contributed by atoms with E-state index >= 15 is 0 Å². The van der Waals surface area contributed by atoms with Gasteiger partial charge in [-0.3, -0.25) is 4.79 Å². The second-order valence-electron chi connectivity index (χ2n) is 5.75. The van der Waals surface area contributed by atoms with Gasteiger partial charge in [-0.1, -0.05) is 5.16 Å². The van der Waals surface area contributed by atoms with Gasteiger partial charge in [0.05, 0.1) is 0 Å². The van der Waals surface area contributed by atoms with Crippen molar-refractivity contribution in [2.24, 2.45) is 16.8 Å². The molecule has 1 aromatic carbocycles. The van der Waals surface area contributed by atoms with Crippen LogP contribution in [-0.2, 0) is 6.42 Å². The second-order valence-corrected chi connectivity index (χ2v) is 5.75. The van der Waals surface area contributed by atoms with Crippen LogP contribution in [0, 0.1) is 11.7 Å². The van der Waals surface area contributed by atoms with Crippen molar-refractivity contribution in [3.05, 3.63) is 35.1 Å². The maximum atomic E-state index is 13.4. The number of benzene rings is 1. The van der Waals surface area contributed by atoms with Crippen LogP contribution in [0.2, 0.25) is 0 Å². The first-order chi connectivity index (χ1) is 10.1. The van der Waals surface area contributed by atoms with E-state index in [0.29, 0.717) is 18.5 Å². The Morgan fingerprint density at radius 3 is 2.95 bits per heavy atom. The summed E-state index contributed by atoms with van der Waals surface area (Å²) in [4.78, 5) is 14.5. The minimum Gasteiger partial charge on any atom is -0.409 e. The molecule has 2 aliphatic heterocycles. The van der Waals surface area contributed by atoms with Crippen LogP contribution in [0.5, 0.6) is 0 Å². The second kappa shape index (κ2) is 5.35. The SMILES string of the molecule is NC(=NO)[C@H]1CC[C@@H]2CCc3cc(F)ccc3C(=O)N2C1. The normalized spacial score (nSPS) is 26.0. The number of piperidine rings is 1. The molecule has 6 heteroatoms. The van der Waals surface area contributed by atoms with Crippen LogP contribution in [0.4, 0.5) is 4.39 Å². The van der Waals surface area contributed by atoms with Gasteiger partial charge in [0.1, 0.15) is 11.7 Å². The molecule has 3 rings (SSSR count). The van der Waals surface area contributed by atoms with Crippen LogP contribution in [0.15, 0.2) is 23.4 Å². The van der Waals surface area contributed by atoms with Gasteiger partial charge in [0, 0.05) is 24.1 Å². The van der Waals surface area contributed by atoms with Gasteiger partial charge in [-0.25, -0.2) is 4.39 Å². The molecule has 2 aliphatic rings. The van der Waals surface area contributed by atoms with Gasteiger partial charge < -0.3 is 15.8 Å². The van der Waals surface area contributed by atoms with Crippen molar-refractivity contribution in [3.63, 3.8) is 0 Å². The van der Waals surface area contributed by atoms with E-state index in [9.17, 15) is 9.18 Å². The molecule has 112 valence electrons. The largest absolute Gasteiger partial charge is 0.409 e. The van der Waals surface area contributed by atoms with Crippen LogP contribution in [0.25, 0.3) is 0 Å². The Labute approximate surface area is 122 Å². The Bertz CT molecular complexity index is 603. The van der Waals surface area contributed by atoms with Crippen LogP contribution < -0.4 is 5.73 Å². The molecule has 0 spiro atoms. The summed E-state index contributed by atoms with van der Waals surface area (Å²) < 4.78 is 13.4. The minimum absolute atomic E-state index is 0.0806. The maximum Gasteiger partial charge on any atom is 0.254 e. The van der Waals surface area contributed by atoms with Crippen molar-refractivity contribution in [2.75, 3.05) is 6.54 Å². The van der Waals surface area contributed by atoms with Crippen LogP contribution >= 0.6 is 0 Å². The van der Waals surface area contributed by atoms with E-state index in [4.69, 9.17) is 10.9 Å². The molecule has 21 heavy (non-hydrogen) atoms. The number of halogens is 1. The molecule has 1 amide bonds. The maximum absolute atomic E-state index is 13.4. The molecule has 3 N–H and O–H groups in total. The quantitative estimate of drug-likeness (QED) is 0.358. The zero-order chi connectivity index (χ0) is 15.0. The number of nitrogens with two attached hydrogens (primary N) is 1. The van der Waals surface area contributed by atoms with E-state index in [2.05, 4.69) is 5.16 Å². The molecule has 0 unspecified atom stereocenters. The molecule has 0 saturated carbocycles. The number of carbonyl (C=O) groups is 1. The van der Waals surface area contributed by atoms with Gasteiger partial charge in [-0.15, -0.1) is 0 Å². The standard InChI is InChI=1S/C15H18FN3O2/c16-11-3-6-13-9(7-11)1-4-12-5-2-10(14(17)18-21)8-19(12)15(13)20/h3,6-7,10,12,21H,1-2,4-5,8H2,(H2,17,18)/t10-,12-/m0/s1. The molecule has 5 nitrogen and oxygen atoms in total. The Morgan fingerprint density at radius 2 is 2.19 bits per heavy atom. The molecule has 1 saturated heterocycles. The molecule has 1 aromatic rings. The summed E-state index contributed by atoms with van der Waals surface area (Å²) in [6, 6.07) is 4.48. The number of oxime groups is 1. The zero-order valence-electron chi connectivity index (χ0n) is 11.6. The number of amides is 1. The highest BCUT2D eigenvalue weighted by Gasteiger charge is 2.36. The molecule has 0 aliphatic carbocycles. The highest BCUT2D eigenvalue weighted by Crippen LogP contribution is 2.31. The van der Waals surface area contributed by atoms with Crippen molar-refractivity contribution in [3.8, 4) is 0 Å². The number of aryl methyl sites for hydroxylation is 1. The number of hydrogen-bond acceptors (Lipinski definition) is 3. The fraction of sp³-hybridized carbons (Fsp3) is 0.467. The minimum atomic E-state index is -0.309. The third-order valence-corrected chi connectivity index (χ3v) is 4.55. The predicted octanol–water partition coefficient (Wildman–Crippen LogP) is 1.74. The lowest BCUT2D eigenvalue weighted by molar-refractivity contribution is 0.0578. The average Bonchev–Trinajstić information content (AvgIpc) is 2.63. The fourth-order valence-electron chi connectivity index (χ4n) is 3.35. The van der Waals surface area contributed by atoms with Gasteiger partial charge in [0.25, 0.3) is 5.91 Å². The third-order valence-electron chi connectivity index (χ3n) is 4.55. The topological polar surface area (TPSA) is 78.9 Å². The molecule has 0 bridgehead atoms. The average molecular weight is 291 g/mol. The highest BCUT2D eigenvalue weighted by atomic mass is 19.1. The van der Waals surface area contributed by atoms with Crippen molar-refractivity contribution in [2.45, 2.75) is 31.7 Å². The molecule has 0 aromatic heterocycles. The number of carbonyl (C=O) groups excluding carboxylic acids is 1. The van der Waals surface area contributed by atoms with E-state index in [1.165, 1.54) is 12.1 Å². The van der Waals surface area contributed by atoms with Gasteiger partial charge >= 0.3 is 0 Å². The molecular formula is C15H18FN3O2. The molecule has 1 fully saturated rings. The summed E-state index contributed by atoms with van der Waals surface area (Å²) in [5, 5.41) is 11.9. The Balaban J connectivity index is 1.91. The van der Waals surface area contributed by atoms with Gasteiger partial charge in [-0.05, 0) is 49.4 Å². The summed E-state index contributed by atoms with van der Waals surface area (Å²) in [6.07, 6.45) is 3.15. The number of fused-ring (bicyclic) bond motifs is 2. The highest BCUT2D eigenvalue weighted by molar-refractivity contribution is 5.97. The number of amidine groups is 1. The summed E-state index contributed by atoms with van der Waals surface area (Å²) in [5.41, 5.74) is 7.02. The summed E-state index contributed by atoms with van der Waals surface area (Å²) in [7, 11) is 0. The lowest BCUT2D eigenvalue weighted by atomic mass is 9.90. The van der Waals surface area contributed by atoms with Crippen molar-refractivity contribution in [1.82, 2.24) is 4.90 Å². The summed E-state index contributed by atoms with van der Waals surface area (Å²) in [6.45, 7) is 0.455. The summed E-state index contributed by atoms with van der Waals surface area (Å²) in [5.74, 6) is -0.332. The third kappa shape index (κ3) is 2.46. The fourth-order valence-corrected chi connectivity index (χ4v) is 3.35. The van der Waals surface area contributed by atoms with Crippen molar-refractivity contribution in [1.29, 1.82) is 0 Å². The van der Waals surface area contributed by atoms with Gasteiger partial charge in [0.2, 0.25) is 0 Å². The lowest BCUT2D eigenvalue weighted by Crippen LogP contribution is -2.49. The Morgan fingerprint density at radius 1 is 1.38 bits per heavy atom. The zero-order valence-corrected chi connectivity index (χ0v) is 11.6. The predicted molar refractivity (Wildman–Crippen MR) is 75.7 cm³/mol. The number of hydrogen-bond donors (Lipinski definition) is 2. The molecule has 2 heterocycles. The van der Waals surface area contributed by atoms with Gasteiger partial charge in [-0.2, -0.15) is 0 Å². The van der Waals surface area contributed by atoms with E-state index in [0.717, 1.165) is 24.8 Å². The molecule has 2 atom stereocenters. The van der Waals surface area contributed by atoms with E-state index in [1.807, 2.05) is 0 Å². The Kier molecular flexibility index (Phi) is 3.53. The smallest absolute Gasteiger partial charge is 0.254 e. The van der Waals surface area contributed by atoms with E-state index < -0.39 is 0 Å². The number of rotatable bonds is 1. The summed E-state index contributed by atoms with van der Waals surface area (Å²) >= 11 is 0. The monoisotopic (exact) mass is 291 g/mol. The lowest BCUT2D eigenvalue weighted by Gasteiger charge is -2.38. The molecular weight excluding hydrogens is 273 g/mol.